The number of Topliss-reactive ketones (excluding diaryl/α,β-unsaturated/α-hetero) is 1. The lowest BCUT2D eigenvalue weighted by Gasteiger charge is -2.25. The van der Waals surface area contributed by atoms with Gasteiger partial charge in [-0.15, -0.1) is 0 Å². The zero-order valence-corrected chi connectivity index (χ0v) is 20.2. The summed E-state index contributed by atoms with van der Waals surface area (Å²) in [6.45, 7) is 0. The number of hydrogen-bond acceptors (Lipinski definition) is 7. The molecule has 1 amide bonds. The number of fused-ring (bicyclic) bond motifs is 1. The lowest BCUT2D eigenvalue weighted by atomic mass is 9.99. The van der Waals surface area contributed by atoms with Gasteiger partial charge in [0.05, 0.1) is 18.9 Å². The summed E-state index contributed by atoms with van der Waals surface area (Å²) < 4.78 is 22.6. The van der Waals surface area contributed by atoms with E-state index in [1.165, 1.54) is 18.3 Å². The number of ketones is 1. The maximum atomic E-state index is 13.7. The highest BCUT2D eigenvalue weighted by atomic mass is 16.5. The summed E-state index contributed by atoms with van der Waals surface area (Å²) in [7, 11) is 1.50. The minimum Gasteiger partial charge on any atom is -0.503 e. The molecule has 8 nitrogen and oxygen atoms in total. The van der Waals surface area contributed by atoms with Gasteiger partial charge in [0.1, 0.15) is 23.3 Å². The number of carbonyl (C=O) groups is 2. The number of para-hydroxylation sites is 2. The summed E-state index contributed by atoms with van der Waals surface area (Å²) >= 11 is 0. The quantitative estimate of drug-likeness (QED) is 0.247. The van der Waals surface area contributed by atoms with Crippen molar-refractivity contribution in [1.82, 2.24) is 0 Å². The highest BCUT2D eigenvalue weighted by molar-refractivity contribution is 6.20. The molecule has 0 aliphatic carbocycles. The Morgan fingerprint density at radius 3 is 2.39 bits per heavy atom. The fraction of sp³-hybridized carbons (Fsp3) is 0.0667. The fourth-order valence-electron chi connectivity index (χ4n) is 4.56. The van der Waals surface area contributed by atoms with Crippen LogP contribution in [0.1, 0.15) is 22.4 Å². The van der Waals surface area contributed by atoms with E-state index in [4.69, 9.17) is 18.3 Å². The number of aliphatic hydroxyl groups is 1. The highest BCUT2D eigenvalue weighted by Gasteiger charge is 2.46. The zero-order chi connectivity index (χ0) is 26.2. The number of anilines is 1. The summed E-state index contributed by atoms with van der Waals surface area (Å²) in [6.07, 6.45) is 1.44. The van der Waals surface area contributed by atoms with Gasteiger partial charge >= 0.3 is 0 Å². The maximum absolute atomic E-state index is 13.7. The smallest absolute Gasteiger partial charge is 0.294 e. The number of benzene rings is 3. The van der Waals surface area contributed by atoms with E-state index in [0.29, 0.717) is 39.7 Å². The molecule has 5 aromatic rings. The predicted molar refractivity (Wildman–Crippen MR) is 139 cm³/mol. The second-order valence-electron chi connectivity index (χ2n) is 8.58. The first-order valence-corrected chi connectivity index (χ1v) is 11.8. The van der Waals surface area contributed by atoms with Crippen LogP contribution in [0.5, 0.6) is 17.2 Å². The molecule has 3 heterocycles. The van der Waals surface area contributed by atoms with Gasteiger partial charge in [0.15, 0.2) is 22.9 Å². The lowest BCUT2D eigenvalue weighted by Crippen LogP contribution is -2.30. The van der Waals surface area contributed by atoms with Gasteiger partial charge in [0, 0.05) is 11.1 Å². The van der Waals surface area contributed by atoms with Crippen LogP contribution in [-0.2, 0) is 4.79 Å². The zero-order valence-electron chi connectivity index (χ0n) is 20.2. The monoisotopic (exact) mass is 507 g/mol. The maximum Gasteiger partial charge on any atom is 0.294 e. The van der Waals surface area contributed by atoms with Crippen LogP contribution in [0, 0.1) is 0 Å². The van der Waals surface area contributed by atoms with Crippen molar-refractivity contribution in [1.29, 1.82) is 0 Å². The standard InChI is InChI=1S/C30H21NO7/c1-35-23-10-5-7-18-17-24(38-29(18)23)27(32)25-26(22-11-6-16-36-22)31(30(34)28(25)33)19-12-14-21(15-13-19)37-20-8-3-2-4-9-20/h2-17,26,33H,1H3. The van der Waals surface area contributed by atoms with Gasteiger partial charge in [-0.3, -0.25) is 14.5 Å². The van der Waals surface area contributed by atoms with Crippen molar-refractivity contribution >= 4 is 28.3 Å². The molecule has 1 aliphatic rings. The average molecular weight is 507 g/mol. The van der Waals surface area contributed by atoms with Gasteiger partial charge in [-0.2, -0.15) is 0 Å². The molecular weight excluding hydrogens is 486 g/mol. The Labute approximate surface area is 216 Å². The first-order valence-electron chi connectivity index (χ1n) is 11.8. The summed E-state index contributed by atoms with van der Waals surface area (Å²) in [5.41, 5.74) is 0.688. The van der Waals surface area contributed by atoms with Crippen LogP contribution in [0.15, 0.2) is 117 Å². The Balaban J connectivity index is 1.37. The van der Waals surface area contributed by atoms with Gasteiger partial charge in [-0.1, -0.05) is 30.3 Å². The number of carbonyl (C=O) groups excluding carboxylic acids is 2. The molecule has 0 radical (unpaired) electrons. The van der Waals surface area contributed by atoms with E-state index < -0.39 is 23.5 Å². The number of nitrogens with zero attached hydrogens (tertiary/aromatic N) is 1. The summed E-state index contributed by atoms with van der Waals surface area (Å²) in [5, 5.41) is 11.6. The van der Waals surface area contributed by atoms with Crippen molar-refractivity contribution < 1.29 is 33.0 Å². The minimum absolute atomic E-state index is 0.0381. The fourth-order valence-corrected chi connectivity index (χ4v) is 4.56. The molecule has 38 heavy (non-hydrogen) atoms. The van der Waals surface area contributed by atoms with Gasteiger partial charge in [0.2, 0.25) is 5.78 Å². The number of rotatable bonds is 7. The number of furan rings is 2. The number of amides is 1. The van der Waals surface area contributed by atoms with Gasteiger partial charge in [0.25, 0.3) is 5.91 Å². The topological polar surface area (TPSA) is 102 Å². The Bertz CT molecular complexity index is 1670. The summed E-state index contributed by atoms with van der Waals surface area (Å²) in [5.74, 6) is -0.0840. The molecular formula is C30H21NO7. The molecule has 8 heteroatoms. The Kier molecular flexibility index (Phi) is 5.69. The third kappa shape index (κ3) is 3.88. The Morgan fingerprint density at radius 2 is 1.68 bits per heavy atom. The van der Waals surface area contributed by atoms with Crippen LogP contribution >= 0.6 is 0 Å². The lowest BCUT2D eigenvalue weighted by molar-refractivity contribution is -0.117. The summed E-state index contributed by atoms with van der Waals surface area (Å²) in [6, 6.07) is 25.2. The molecule has 0 saturated heterocycles. The van der Waals surface area contributed by atoms with Crippen molar-refractivity contribution in [2.75, 3.05) is 12.0 Å². The van der Waals surface area contributed by atoms with Crippen molar-refractivity contribution in [2.45, 2.75) is 6.04 Å². The van der Waals surface area contributed by atoms with Crippen molar-refractivity contribution in [3.63, 3.8) is 0 Å². The number of aliphatic hydroxyl groups excluding tert-OH is 1. The molecule has 3 aromatic carbocycles. The molecule has 1 N–H and O–H groups in total. The van der Waals surface area contributed by atoms with Crippen LogP contribution in [0.2, 0.25) is 0 Å². The van der Waals surface area contributed by atoms with Gasteiger partial charge in [-0.25, -0.2) is 0 Å². The number of hydrogen-bond donors (Lipinski definition) is 1. The molecule has 188 valence electrons. The SMILES string of the molecule is COc1cccc2cc(C(=O)C3=C(O)C(=O)N(c4ccc(Oc5ccccc5)cc4)C3c3ccco3)oc12. The van der Waals surface area contributed by atoms with E-state index in [1.807, 2.05) is 30.3 Å². The normalized spacial score (nSPS) is 15.3. The predicted octanol–water partition coefficient (Wildman–Crippen LogP) is 6.61. The van der Waals surface area contributed by atoms with E-state index in [2.05, 4.69) is 0 Å². The molecule has 0 saturated carbocycles. The van der Waals surface area contributed by atoms with E-state index in [0.717, 1.165) is 0 Å². The molecule has 0 fully saturated rings. The number of ether oxygens (including phenoxy) is 2. The highest BCUT2D eigenvalue weighted by Crippen LogP contribution is 2.43. The Hall–Kier alpha value is -5.24. The largest absolute Gasteiger partial charge is 0.503 e. The van der Waals surface area contributed by atoms with Crippen molar-refractivity contribution in [2.24, 2.45) is 0 Å². The third-order valence-electron chi connectivity index (χ3n) is 6.31. The molecule has 1 aliphatic heterocycles. The molecule has 1 atom stereocenters. The molecule has 6 rings (SSSR count). The van der Waals surface area contributed by atoms with Crippen molar-refractivity contribution in [3.8, 4) is 17.2 Å². The molecule has 1 unspecified atom stereocenters. The van der Waals surface area contributed by atoms with Gasteiger partial charge < -0.3 is 23.4 Å². The molecule has 0 spiro atoms. The molecule has 2 aromatic heterocycles. The summed E-state index contributed by atoms with van der Waals surface area (Å²) in [4.78, 5) is 28.4. The second kappa shape index (κ2) is 9.33. The van der Waals surface area contributed by atoms with Crippen molar-refractivity contribution in [3.05, 3.63) is 120 Å². The van der Waals surface area contributed by atoms with E-state index in [-0.39, 0.29) is 11.3 Å². The second-order valence-corrected chi connectivity index (χ2v) is 8.58. The first kappa shape index (κ1) is 23.2. The van der Waals surface area contributed by atoms with Crippen LogP contribution in [0.25, 0.3) is 11.0 Å². The van der Waals surface area contributed by atoms with Crippen LogP contribution in [0.3, 0.4) is 0 Å². The third-order valence-corrected chi connectivity index (χ3v) is 6.31. The minimum atomic E-state index is -1.01. The Morgan fingerprint density at radius 1 is 0.921 bits per heavy atom. The van der Waals surface area contributed by atoms with Crippen LogP contribution < -0.4 is 14.4 Å². The first-order chi connectivity index (χ1) is 18.5. The van der Waals surface area contributed by atoms with Crippen LogP contribution in [-0.4, -0.2) is 23.9 Å². The molecule has 0 bridgehead atoms. The van der Waals surface area contributed by atoms with E-state index in [1.54, 1.807) is 60.7 Å². The van der Waals surface area contributed by atoms with Crippen LogP contribution in [0.4, 0.5) is 5.69 Å². The van der Waals surface area contributed by atoms with Gasteiger partial charge in [-0.05, 0) is 60.7 Å². The van der Waals surface area contributed by atoms with E-state index >= 15 is 0 Å². The number of methoxy groups -OCH3 is 1. The average Bonchev–Trinajstić information content (AvgIpc) is 3.68. The van der Waals surface area contributed by atoms with E-state index in [9.17, 15) is 14.7 Å².